The van der Waals surface area contributed by atoms with Crippen LogP contribution in [0.4, 0.5) is 25.0 Å². The number of morpholine rings is 1. The number of nitrogens with one attached hydrogen (secondary N) is 2. The summed E-state index contributed by atoms with van der Waals surface area (Å²) in [7, 11) is 1.71. The Kier molecular flexibility index (Phi) is 6.22. The minimum atomic E-state index is -0.941. The molecule has 1 aromatic carbocycles. The van der Waals surface area contributed by atoms with Crippen molar-refractivity contribution in [1.82, 2.24) is 24.9 Å². The molecule has 0 spiro atoms. The number of amides is 2. The summed E-state index contributed by atoms with van der Waals surface area (Å²) in [4.78, 5) is 36.3. The van der Waals surface area contributed by atoms with Gasteiger partial charge in [0.2, 0.25) is 5.75 Å². The fourth-order valence-corrected chi connectivity index (χ4v) is 5.05. The van der Waals surface area contributed by atoms with Crippen molar-refractivity contribution in [3.05, 3.63) is 75.6 Å². The van der Waals surface area contributed by atoms with Crippen molar-refractivity contribution in [3.63, 3.8) is 0 Å². The highest BCUT2D eigenvalue weighted by Crippen LogP contribution is 2.32. The number of aromatic hydroxyl groups is 1. The maximum Gasteiger partial charge on any atom is 0.324 e. The number of hydrogen-bond donors (Lipinski definition) is 3. The van der Waals surface area contributed by atoms with Crippen molar-refractivity contribution >= 4 is 23.1 Å². The van der Waals surface area contributed by atoms with Gasteiger partial charge in [-0.05, 0) is 23.8 Å². The molecule has 2 saturated heterocycles. The van der Waals surface area contributed by atoms with Gasteiger partial charge in [-0.25, -0.2) is 18.6 Å². The number of pyridine rings is 1. The van der Waals surface area contributed by atoms with Crippen LogP contribution in [0.15, 0.2) is 47.2 Å². The molecule has 0 saturated carbocycles. The first-order valence-electron chi connectivity index (χ1n) is 12.6. The number of fused-ring (bicyclic) bond motifs is 1. The van der Waals surface area contributed by atoms with Crippen molar-refractivity contribution in [3.8, 4) is 5.75 Å². The fraction of sp³-hybridized carbons (Fsp3) is 0.346. The Morgan fingerprint density at radius 3 is 2.62 bits per heavy atom. The van der Waals surface area contributed by atoms with Crippen molar-refractivity contribution in [2.45, 2.75) is 12.6 Å². The lowest BCUT2D eigenvalue weighted by atomic mass is 10.1. The van der Waals surface area contributed by atoms with Crippen molar-refractivity contribution < 1.29 is 23.4 Å². The van der Waals surface area contributed by atoms with E-state index in [4.69, 9.17) is 4.74 Å². The Morgan fingerprint density at radius 1 is 1.10 bits per heavy atom. The molecule has 1 atom stereocenters. The summed E-state index contributed by atoms with van der Waals surface area (Å²) in [6.45, 7) is 3.25. The molecule has 204 valence electrons. The molecule has 11 nitrogen and oxygen atoms in total. The van der Waals surface area contributed by atoms with E-state index in [1.807, 2.05) is 6.07 Å². The molecule has 39 heavy (non-hydrogen) atoms. The number of allylic oxidation sites excluding steroid dienone is 1. The topological polar surface area (TPSA) is 115 Å². The lowest BCUT2D eigenvalue weighted by Gasteiger charge is -2.30. The second-order valence-corrected chi connectivity index (χ2v) is 9.72. The minimum Gasteiger partial charge on any atom is -0.502 e. The summed E-state index contributed by atoms with van der Waals surface area (Å²) in [6, 6.07) is 5.28. The second-order valence-electron chi connectivity index (χ2n) is 9.72. The van der Waals surface area contributed by atoms with Gasteiger partial charge in [0.25, 0.3) is 0 Å². The Bertz CT molecular complexity index is 1550. The van der Waals surface area contributed by atoms with Crippen molar-refractivity contribution in [1.29, 1.82) is 0 Å². The highest BCUT2D eigenvalue weighted by Gasteiger charge is 2.32. The summed E-state index contributed by atoms with van der Waals surface area (Å²) in [5.41, 5.74) is 1.95. The normalized spacial score (nSPS) is 19.5. The van der Waals surface area contributed by atoms with Crippen LogP contribution in [0, 0.1) is 11.6 Å². The van der Waals surface area contributed by atoms with Gasteiger partial charge in [0, 0.05) is 57.7 Å². The van der Waals surface area contributed by atoms with E-state index in [1.54, 1.807) is 29.2 Å². The number of hydrogen-bond acceptors (Lipinski definition) is 8. The number of carbonyl (C=O) groups excluding carboxylic acids is 1. The first-order chi connectivity index (χ1) is 18.8. The van der Waals surface area contributed by atoms with Crippen LogP contribution in [-0.2, 0) is 11.2 Å². The number of rotatable bonds is 5. The van der Waals surface area contributed by atoms with E-state index in [9.17, 15) is 23.5 Å². The lowest BCUT2D eigenvalue weighted by Crippen LogP contribution is -2.37. The molecule has 0 aliphatic carbocycles. The first-order valence-corrected chi connectivity index (χ1v) is 12.6. The number of nitrogens with zero attached hydrogens (tertiary/aromatic N) is 5. The van der Waals surface area contributed by atoms with Crippen LogP contribution in [0.3, 0.4) is 0 Å². The smallest absolute Gasteiger partial charge is 0.324 e. The lowest BCUT2D eigenvalue weighted by molar-refractivity contribution is 0.122. The van der Waals surface area contributed by atoms with E-state index < -0.39 is 29.1 Å². The zero-order valence-corrected chi connectivity index (χ0v) is 21.2. The van der Waals surface area contributed by atoms with Crippen molar-refractivity contribution in [2.75, 3.05) is 56.2 Å². The standard InChI is InChI=1S/C26H27F2N7O4/c1-32-4-5-34(26(32)38)20-12-17(33-6-8-39-9-7-33)14-35-24(20)31-21(22(36)25(35)37)23-29-13-16(30-23)10-15-2-3-18(27)19(28)11-15/h2-3,11-14,23,29-30,36H,4-10H2,1H3. The molecule has 6 rings (SSSR count). The van der Waals surface area contributed by atoms with E-state index >= 15 is 0 Å². The monoisotopic (exact) mass is 539 g/mol. The summed E-state index contributed by atoms with van der Waals surface area (Å²) in [5.74, 6) is -2.41. The minimum absolute atomic E-state index is 0.0527. The maximum atomic E-state index is 13.7. The average Bonchev–Trinajstić information content (AvgIpc) is 3.54. The number of benzene rings is 1. The van der Waals surface area contributed by atoms with Crippen molar-refractivity contribution in [2.24, 2.45) is 0 Å². The zero-order valence-electron chi connectivity index (χ0n) is 21.2. The molecule has 3 N–H and O–H groups in total. The number of anilines is 2. The van der Waals surface area contributed by atoms with Crippen LogP contribution in [0.2, 0.25) is 0 Å². The van der Waals surface area contributed by atoms with E-state index in [-0.39, 0.29) is 23.8 Å². The van der Waals surface area contributed by atoms with Crippen LogP contribution in [0.5, 0.6) is 5.75 Å². The van der Waals surface area contributed by atoms with Gasteiger partial charge >= 0.3 is 11.6 Å². The predicted octanol–water partition coefficient (Wildman–Crippen LogP) is 1.66. The third kappa shape index (κ3) is 4.48. The molecule has 5 heterocycles. The Hall–Kier alpha value is -4.39. The average molecular weight is 540 g/mol. The third-order valence-corrected chi connectivity index (χ3v) is 7.18. The molecule has 2 amide bonds. The second kappa shape index (κ2) is 9.73. The molecule has 3 aliphatic heterocycles. The van der Waals surface area contributed by atoms with Gasteiger partial charge in [-0.15, -0.1) is 0 Å². The van der Waals surface area contributed by atoms with Crippen LogP contribution in [0.1, 0.15) is 17.4 Å². The van der Waals surface area contributed by atoms with Crippen LogP contribution in [0.25, 0.3) is 5.65 Å². The summed E-state index contributed by atoms with van der Waals surface area (Å²) in [5, 5.41) is 17.1. The first kappa shape index (κ1) is 24.9. The largest absolute Gasteiger partial charge is 0.502 e. The Balaban J connectivity index is 1.38. The molecular weight excluding hydrogens is 512 g/mol. The maximum absolute atomic E-state index is 13.7. The zero-order chi connectivity index (χ0) is 27.3. The molecule has 3 aromatic rings. The summed E-state index contributed by atoms with van der Waals surface area (Å²) in [6.07, 6.45) is 2.76. The Labute approximate surface area is 221 Å². The van der Waals surface area contributed by atoms with Gasteiger partial charge < -0.3 is 30.3 Å². The molecule has 0 radical (unpaired) electrons. The number of carbonyl (C=O) groups is 1. The number of ether oxygens (including phenoxy) is 1. The van der Waals surface area contributed by atoms with Gasteiger partial charge in [0.05, 0.1) is 24.6 Å². The van der Waals surface area contributed by atoms with Gasteiger partial charge in [-0.1, -0.05) is 6.07 Å². The number of likely N-dealkylation sites (N-methyl/N-ethyl adjacent to an activating group) is 1. The fourth-order valence-electron chi connectivity index (χ4n) is 5.05. The third-order valence-electron chi connectivity index (χ3n) is 7.18. The Morgan fingerprint density at radius 2 is 1.90 bits per heavy atom. The molecular formula is C26H27F2N7O4. The molecule has 3 aliphatic rings. The summed E-state index contributed by atoms with van der Waals surface area (Å²) < 4.78 is 33.7. The van der Waals surface area contributed by atoms with Crippen LogP contribution < -0.4 is 26.0 Å². The highest BCUT2D eigenvalue weighted by atomic mass is 19.2. The number of urea groups is 1. The summed E-state index contributed by atoms with van der Waals surface area (Å²) >= 11 is 0. The number of aromatic nitrogens is 2. The molecule has 1 unspecified atom stereocenters. The number of halogens is 2. The molecule has 2 aromatic heterocycles. The van der Waals surface area contributed by atoms with Gasteiger partial charge in [-0.3, -0.25) is 14.1 Å². The van der Waals surface area contributed by atoms with Crippen LogP contribution in [-0.4, -0.2) is 71.9 Å². The van der Waals surface area contributed by atoms with Gasteiger partial charge in [0.15, 0.2) is 17.3 Å². The van der Waals surface area contributed by atoms with E-state index in [0.717, 1.165) is 12.1 Å². The van der Waals surface area contributed by atoms with Crippen LogP contribution >= 0.6 is 0 Å². The highest BCUT2D eigenvalue weighted by molar-refractivity contribution is 5.98. The van der Waals surface area contributed by atoms with E-state index in [2.05, 4.69) is 20.5 Å². The molecule has 13 heteroatoms. The van der Waals surface area contributed by atoms with E-state index in [1.165, 1.54) is 10.5 Å². The predicted molar refractivity (Wildman–Crippen MR) is 139 cm³/mol. The van der Waals surface area contributed by atoms with E-state index in [0.29, 0.717) is 62.0 Å². The molecule has 0 bridgehead atoms. The SMILES string of the molecule is CN1CCN(c2cc(N3CCOCC3)cn3c(=O)c(O)c(C4NC=C(Cc5ccc(F)c(F)c5)N4)nc23)C1=O. The molecule has 2 fully saturated rings. The van der Waals surface area contributed by atoms with Gasteiger partial charge in [-0.2, -0.15) is 0 Å². The quantitative estimate of drug-likeness (QED) is 0.449. The van der Waals surface area contributed by atoms with Gasteiger partial charge in [0.1, 0.15) is 11.9 Å².